The van der Waals surface area contributed by atoms with Gasteiger partial charge < -0.3 is 5.32 Å². The molecule has 1 unspecified atom stereocenters. The van der Waals surface area contributed by atoms with Gasteiger partial charge in [-0.15, -0.1) is 5.10 Å². The molecule has 24 heavy (non-hydrogen) atoms. The second kappa shape index (κ2) is 7.06. The number of rotatable bonds is 4. The summed E-state index contributed by atoms with van der Waals surface area (Å²) in [5, 5.41) is 14.8. The number of nitrogens with one attached hydrogen (secondary N) is 1. The van der Waals surface area contributed by atoms with E-state index in [0.29, 0.717) is 11.4 Å². The number of halogens is 2. The lowest BCUT2D eigenvalue weighted by Gasteiger charge is -2.14. The van der Waals surface area contributed by atoms with E-state index in [1.807, 2.05) is 24.3 Å². The van der Waals surface area contributed by atoms with Gasteiger partial charge in [-0.3, -0.25) is 4.79 Å². The minimum Gasteiger partial charge on any atom is -0.342 e. The first-order valence-electron chi connectivity index (χ1n) is 7.01. The lowest BCUT2D eigenvalue weighted by Crippen LogP contribution is -2.28. The second-order valence-corrected chi connectivity index (χ2v) is 6.29. The molecular weight excluding hydrogens is 396 g/mol. The maximum Gasteiger partial charge on any atom is 0.252 e. The van der Waals surface area contributed by atoms with Crippen LogP contribution < -0.4 is 5.32 Å². The first-order chi connectivity index (χ1) is 11.5. The van der Waals surface area contributed by atoms with Crippen LogP contribution in [0.15, 0.2) is 47.1 Å². The molecule has 1 amide bonds. The molecule has 0 fully saturated rings. The number of pyridine rings is 1. The van der Waals surface area contributed by atoms with E-state index in [9.17, 15) is 4.79 Å². The van der Waals surface area contributed by atoms with Crippen molar-refractivity contribution in [1.29, 1.82) is 0 Å². The summed E-state index contributed by atoms with van der Waals surface area (Å²) in [6, 6.07) is 10.2. The molecule has 0 aliphatic rings. The van der Waals surface area contributed by atoms with E-state index in [-0.39, 0.29) is 11.1 Å². The van der Waals surface area contributed by atoms with Gasteiger partial charge in [0.25, 0.3) is 5.91 Å². The Balaban J connectivity index is 1.83. The molecule has 1 aromatic carbocycles. The van der Waals surface area contributed by atoms with Gasteiger partial charge in [0.05, 0.1) is 11.7 Å². The van der Waals surface area contributed by atoms with Crippen LogP contribution >= 0.6 is 27.5 Å². The van der Waals surface area contributed by atoms with Crippen molar-refractivity contribution in [3.8, 4) is 5.69 Å². The Bertz CT molecular complexity index is 884. The molecule has 0 aliphatic carbocycles. The Morgan fingerprint density at radius 3 is 2.92 bits per heavy atom. The Morgan fingerprint density at radius 2 is 2.17 bits per heavy atom. The van der Waals surface area contributed by atoms with Gasteiger partial charge in [-0.05, 0) is 47.7 Å². The molecule has 0 spiro atoms. The van der Waals surface area contributed by atoms with E-state index in [2.05, 4.69) is 41.8 Å². The van der Waals surface area contributed by atoms with Gasteiger partial charge in [0, 0.05) is 16.2 Å². The molecule has 0 bridgehead atoms. The van der Waals surface area contributed by atoms with Crippen molar-refractivity contribution in [2.75, 3.05) is 0 Å². The third-order valence-electron chi connectivity index (χ3n) is 3.27. The minimum absolute atomic E-state index is 0.259. The highest BCUT2D eigenvalue weighted by molar-refractivity contribution is 9.10. The zero-order valence-corrected chi connectivity index (χ0v) is 14.9. The molecule has 2 aromatic heterocycles. The normalized spacial score (nSPS) is 12.0. The monoisotopic (exact) mass is 406 g/mol. The molecule has 0 radical (unpaired) electrons. The fourth-order valence-electron chi connectivity index (χ4n) is 2.14. The molecule has 122 valence electrons. The van der Waals surface area contributed by atoms with Crippen molar-refractivity contribution in [3.05, 3.63) is 63.6 Å². The van der Waals surface area contributed by atoms with E-state index in [1.54, 1.807) is 17.7 Å². The number of carbonyl (C=O) groups is 1. The van der Waals surface area contributed by atoms with Crippen LogP contribution in [0.1, 0.15) is 29.1 Å². The van der Waals surface area contributed by atoms with Crippen LogP contribution in [0.2, 0.25) is 5.15 Å². The van der Waals surface area contributed by atoms with Crippen LogP contribution in [0.25, 0.3) is 5.69 Å². The van der Waals surface area contributed by atoms with Crippen molar-refractivity contribution in [3.63, 3.8) is 0 Å². The summed E-state index contributed by atoms with van der Waals surface area (Å²) in [6.45, 7) is 1.81. The van der Waals surface area contributed by atoms with Crippen molar-refractivity contribution >= 4 is 33.4 Å². The number of aromatic nitrogens is 5. The Hall–Kier alpha value is -2.32. The number of carbonyl (C=O) groups excluding carboxylic acids is 1. The number of hydrogen-bond donors (Lipinski definition) is 1. The molecule has 0 saturated carbocycles. The van der Waals surface area contributed by atoms with Gasteiger partial charge in [0.2, 0.25) is 0 Å². The highest BCUT2D eigenvalue weighted by Gasteiger charge is 2.19. The Kier molecular flexibility index (Phi) is 4.86. The number of amides is 1. The van der Waals surface area contributed by atoms with Crippen LogP contribution in [-0.2, 0) is 0 Å². The number of hydrogen-bond acceptors (Lipinski definition) is 5. The van der Waals surface area contributed by atoms with E-state index < -0.39 is 6.04 Å². The van der Waals surface area contributed by atoms with Gasteiger partial charge in [0.15, 0.2) is 5.82 Å². The van der Waals surface area contributed by atoms with E-state index in [1.165, 1.54) is 12.3 Å². The molecule has 9 heteroatoms. The SMILES string of the molecule is CC(NC(=O)c1ccnc(Cl)c1)c1nnnn1-c1cccc(Br)c1. The van der Waals surface area contributed by atoms with E-state index in [0.717, 1.165) is 10.2 Å². The summed E-state index contributed by atoms with van der Waals surface area (Å²) in [5.41, 5.74) is 1.21. The zero-order chi connectivity index (χ0) is 17.1. The first kappa shape index (κ1) is 16.5. The van der Waals surface area contributed by atoms with Crippen molar-refractivity contribution in [2.45, 2.75) is 13.0 Å². The summed E-state index contributed by atoms with van der Waals surface area (Å²) in [4.78, 5) is 16.2. The van der Waals surface area contributed by atoms with Crippen LogP contribution in [0.4, 0.5) is 0 Å². The molecule has 0 saturated heterocycles. The summed E-state index contributed by atoms with van der Waals surface area (Å²) < 4.78 is 2.49. The third kappa shape index (κ3) is 3.60. The molecule has 7 nitrogen and oxygen atoms in total. The number of nitrogens with zero attached hydrogens (tertiary/aromatic N) is 5. The predicted molar refractivity (Wildman–Crippen MR) is 92.0 cm³/mol. The average molecular weight is 408 g/mol. The summed E-state index contributed by atoms with van der Waals surface area (Å²) in [5.74, 6) is 0.234. The summed E-state index contributed by atoms with van der Waals surface area (Å²) in [6.07, 6.45) is 1.48. The van der Waals surface area contributed by atoms with Gasteiger partial charge in [0.1, 0.15) is 5.15 Å². The molecule has 1 atom stereocenters. The maximum absolute atomic E-state index is 12.3. The predicted octanol–water partition coefficient (Wildman–Crippen LogP) is 2.96. The van der Waals surface area contributed by atoms with Gasteiger partial charge in [-0.2, -0.15) is 4.68 Å². The standard InChI is InChI=1S/C15H12BrClN6O/c1-9(19-15(24)10-5-6-18-13(17)7-10)14-20-21-22-23(14)12-4-2-3-11(16)8-12/h2-9H,1H3,(H,19,24). The van der Waals surface area contributed by atoms with Gasteiger partial charge in [-0.1, -0.05) is 33.6 Å². The average Bonchev–Trinajstić information content (AvgIpc) is 3.04. The van der Waals surface area contributed by atoms with Crippen LogP contribution in [-0.4, -0.2) is 31.1 Å². The molecule has 1 N–H and O–H groups in total. The third-order valence-corrected chi connectivity index (χ3v) is 3.97. The van der Waals surface area contributed by atoms with Gasteiger partial charge in [-0.25, -0.2) is 4.98 Å². The molecule has 3 rings (SSSR count). The van der Waals surface area contributed by atoms with Crippen LogP contribution in [0.3, 0.4) is 0 Å². The molecule has 0 aliphatic heterocycles. The van der Waals surface area contributed by atoms with Gasteiger partial charge >= 0.3 is 0 Å². The molecule has 2 heterocycles. The second-order valence-electron chi connectivity index (χ2n) is 4.99. The van der Waals surface area contributed by atoms with Crippen LogP contribution in [0.5, 0.6) is 0 Å². The smallest absolute Gasteiger partial charge is 0.252 e. The fraction of sp³-hybridized carbons (Fsp3) is 0.133. The Labute approximate surface area is 151 Å². The van der Waals surface area contributed by atoms with E-state index >= 15 is 0 Å². The van der Waals surface area contributed by atoms with Crippen molar-refractivity contribution in [2.24, 2.45) is 0 Å². The largest absolute Gasteiger partial charge is 0.342 e. The zero-order valence-electron chi connectivity index (χ0n) is 12.5. The lowest BCUT2D eigenvalue weighted by atomic mass is 10.2. The number of tetrazole rings is 1. The van der Waals surface area contributed by atoms with Crippen molar-refractivity contribution < 1.29 is 4.79 Å². The summed E-state index contributed by atoms with van der Waals surface area (Å²) in [7, 11) is 0. The number of benzene rings is 1. The Morgan fingerprint density at radius 1 is 1.33 bits per heavy atom. The van der Waals surface area contributed by atoms with E-state index in [4.69, 9.17) is 11.6 Å². The van der Waals surface area contributed by atoms with Crippen LogP contribution in [0, 0.1) is 0 Å². The molecule has 3 aromatic rings. The summed E-state index contributed by atoms with van der Waals surface area (Å²) >= 11 is 9.23. The topological polar surface area (TPSA) is 85.6 Å². The molecular formula is C15H12BrClN6O. The van der Waals surface area contributed by atoms with Crippen molar-refractivity contribution in [1.82, 2.24) is 30.5 Å². The quantitative estimate of drug-likeness (QED) is 0.672. The highest BCUT2D eigenvalue weighted by atomic mass is 79.9. The highest BCUT2D eigenvalue weighted by Crippen LogP contribution is 2.18. The maximum atomic E-state index is 12.3. The minimum atomic E-state index is -0.404. The lowest BCUT2D eigenvalue weighted by molar-refractivity contribution is 0.0937. The fourth-order valence-corrected chi connectivity index (χ4v) is 2.71. The first-order valence-corrected chi connectivity index (χ1v) is 8.18.